The Morgan fingerprint density at radius 1 is 1.05 bits per heavy atom. The van der Waals surface area contributed by atoms with E-state index in [-0.39, 0.29) is 0 Å². The predicted molar refractivity (Wildman–Crippen MR) is 81.5 cm³/mol. The Hall–Kier alpha value is -2.22. The van der Waals surface area contributed by atoms with Crippen molar-refractivity contribution in [2.45, 2.75) is 20.4 Å². The van der Waals surface area contributed by atoms with Crippen LogP contribution in [0, 0.1) is 13.8 Å². The lowest BCUT2D eigenvalue weighted by Gasteiger charge is -2.11. The highest BCUT2D eigenvalue weighted by Gasteiger charge is 2.03. The first-order valence-corrected chi connectivity index (χ1v) is 6.60. The number of aromatic amines is 1. The third-order valence-electron chi connectivity index (χ3n) is 3.55. The Morgan fingerprint density at radius 3 is 2.84 bits per heavy atom. The first-order valence-electron chi connectivity index (χ1n) is 6.60. The van der Waals surface area contributed by atoms with Gasteiger partial charge in [-0.15, -0.1) is 0 Å². The topological polar surface area (TPSA) is 27.8 Å². The van der Waals surface area contributed by atoms with Crippen LogP contribution in [0.5, 0.6) is 0 Å². The number of anilines is 1. The molecule has 2 heteroatoms. The van der Waals surface area contributed by atoms with Crippen molar-refractivity contribution in [2.24, 2.45) is 0 Å². The van der Waals surface area contributed by atoms with Crippen LogP contribution < -0.4 is 5.32 Å². The molecule has 0 fully saturated rings. The summed E-state index contributed by atoms with van der Waals surface area (Å²) in [4.78, 5) is 3.25. The minimum atomic E-state index is 0.847. The molecule has 0 saturated heterocycles. The number of hydrogen-bond donors (Lipinski definition) is 2. The average Bonchev–Trinajstić information content (AvgIpc) is 2.88. The molecule has 96 valence electrons. The second kappa shape index (κ2) is 4.81. The van der Waals surface area contributed by atoms with Gasteiger partial charge in [-0.25, -0.2) is 0 Å². The molecule has 0 radical (unpaired) electrons. The smallest absolute Gasteiger partial charge is 0.0457 e. The van der Waals surface area contributed by atoms with Gasteiger partial charge < -0.3 is 10.3 Å². The van der Waals surface area contributed by atoms with E-state index in [9.17, 15) is 0 Å². The summed E-state index contributed by atoms with van der Waals surface area (Å²) in [5.74, 6) is 0. The Labute approximate surface area is 113 Å². The van der Waals surface area contributed by atoms with Gasteiger partial charge in [0.05, 0.1) is 0 Å². The van der Waals surface area contributed by atoms with Gasteiger partial charge in [0, 0.05) is 29.3 Å². The molecule has 0 bridgehead atoms. The van der Waals surface area contributed by atoms with Gasteiger partial charge in [0.1, 0.15) is 0 Å². The largest absolute Gasteiger partial charge is 0.381 e. The maximum absolute atomic E-state index is 3.54. The second-order valence-corrected chi connectivity index (χ2v) is 5.03. The summed E-state index contributed by atoms with van der Waals surface area (Å²) in [7, 11) is 0. The number of H-pyrrole nitrogens is 1. The Balaban J connectivity index is 1.86. The first-order chi connectivity index (χ1) is 9.24. The molecule has 0 spiro atoms. The fourth-order valence-electron chi connectivity index (χ4n) is 2.42. The number of rotatable bonds is 3. The number of aromatic nitrogens is 1. The lowest BCUT2D eigenvalue weighted by atomic mass is 10.1. The van der Waals surface area contributed by atoms with E-state index in [0.29, 0.717) is 0 Å². The number of nitrogens with one attached hydrogen (secondary N) is 2. The number of aryl methyl sites for hydroxylation is 2. The van der Waals surface area contributed by atoms with Crippen LogP contribution in [0.25, 0.3) is 10.9 Å². The minimum Gasteiger partial charge on any atom is -0.381 e. The van der Waals surface area contributed by atoms with Crippen molar-refractivity contribution < 1.29 is 0 Å². The normalized spacial score (nSPS) is 10.8. The maximum atomic E-state index is 3.54. The quantitative estimate of drug-likeness (QED) is 0.708. The average molecular weight is 250 g/mol. The minimum absolute atomic E-state index is 0.847. The molecular formula is C17H18N2. The summed E-state index contributed by atoms with van der Waals surface area (Å²) in [6.45, 7) is 5.11. The maximum Gasteiger partial charge on any atom is 0.0457 e. The zero-order chi connectivity index (χ0) is 13.2. The zero-order valence-corrected chi connectivity index (χ0v) is 11.3. The number of benzene rings is 2. The summed E-state index contributed by atoms with van der Waals surface area (Å²) in [5.41, 5.74) is 6.30. The summed E-state index contributed by atoms with van der Waals surface area (Å²) in [5, 5.41) is 4.83. The van der Waals surface area contributed by atoms with E-state index in [0.717, 1.165) is 6.54 Å². The fraction of sp³-hybridized carbons (Fsp3) is 0.176. The Bertz CT molecular complexity index is 710. The molecule has 0 saturated carbocycles. The summed E-state index contributed by atoms with van der Waals surface area (Å²) < 4.78 is 0. The van der Waals surface area contributed by atoms with Gasteiger partial charge in [-0.3, -0.25) is 0 Å². The predicted octanol–water partition coefficient (Wildman–Crippen LogP) is 4.40. The molecule has 0 aliphatic heterocycles. The molecule has 3 rings (SSSR count). The molecule has 0 aliphatic carbocycles. The van der Waals surface area contributed by atoms with Crippen LogP contribution in [0.3, 0.4) is 0 Å². The van der Waals surface area contributed by atoms with Crippen molar-refractivity contribution in [1.82, 2.24) is 4.98 Å². The molecule has 0 atom stereocenters. The summed E-state index contributed by atoms with van der Waals surface area (Å²) in [6.07, 6.45) is 1.99. The summed E-state index contributed by atoms with van der Waals surface area (Å²) in [6, 6.07) is 15.0. The highest BCUT2D eigenvalue weighted by molar-refractivity contribution is 5.83. The lowest BCUT2D eigenvalue weighted by molar-refractivity contribution is 1.15. The fourth-order valence-corrected chi connectivity index (χ4v) is 2.42. The van der Waals surface area contributed by atoms with Gasteiger partial charge in [0.15, 0.2) is 0 Å². The highest BCUT2D eigenvalue weighted by atomic mass is 14.9. The van der Waals surface area contributed by atoms with Gasteiger partial charge in [0.25, 0.3) is 0 Å². The van der Waals surface area contributed by atoms with Crippen molar-refractivity contribution in [3.05, 3.63) is 65.4 Å². The third kappa shape index (κ3) is 2.34. The van der Waals surface area contributed by atoms with Gasteiger partial charge in [-0.05, 0) is 48.7 Å². The van der Waals surface area contributed by atoms with Crippen LogP contribution >= 0.6 is 0 Å². The molecular weight excluding hydrogens is 232 g/mol. The monoisotopic (exact) mass is 250 g/mol. The Kier molecular flexibility index (Phi) is 3.00. The molecule has 3 aromatic rings. The van der Waals surface area contributed by atoms with E-state index in [1.165, 1.54) is 33.3 Å². The number of fused-ring (bicyclic) bond motifs is 1. The van der Waals surface area contributed by atoms with E-state index in [1.807, 2.05) is 6.20 Å². The highest BCUT2D eigenvalue weighted by Crippen LogP contribution is 2.21. The molecule has 2 N–H and O–H groups in total. The molecule has 0 unspecified atom stereocenters. The van der Waals surface area contributed by atoms with Crippen LogP contribution in [0.2, 0.25) is 0 Å². The van der Waals surface area contributed by atoms with Gasteiger partial charge in [-0.2, -0.15) is 0 Å². The van der Waals surface area contributed by atoms with Gasteiger partial charge >= 0.3 is 0 Å². The van der Waals surface area contributed by atoms with Crippen LogP contribution in [-0.4, -0.2) is 4.98 Å². The molecule has 2 nitrogen and oxygen atoms in total. The van der Waals surface area contributed by atoms with Gasteiger partial charge in [0.2, 0.25) is 0 Å². The molecule has 1 aromatic heterocycles. The van der Waals surface area contributed by atoms with Crippen molar-refractivity contribution in [3.8, 4) is 0 Å². The van der Waals surface area contributed by atoms with E-state index in [4.69, 9.17) is 0 Å². The summed E-state index contributed by atoms with van der Waals surface area (Å²) >= 11 is 0. The van der Waals surface area contributed by atoms with Crippen LogP contribution in [0.1, 0.15) is 16.7 Å². The molecule has 2 aromatic carbocycles. The zero-order valence-electron chi connectivity index (χ0n) is 11.3. The van der Waals surface area contributed by atoms with Crippen LogP contribution in [0.15, 0.2) is 48.7 Å². The SMILES string of the molecule is Cc1ccc(C)c(NCc2cccc3[nH]ccc23)c1. The standard InChI is InChI=1S/C17H18N2/c1-12-6-7-13(2)17(10-12)19-11-14-4-3-5-16-15(14)8-9-18-16/h3-10,18-19H,11H2,1-2H3. The van der Waals surface area contributed by atoms with E-state index in [1.54, 1.807) is 0 Å². The van der Waals surface area contributed by atoms with Crippen molar-refractivity contribution in [1.29, 1.82) is 0 Å². The van der Waals surface area contributed by atoms with Crippen LogP contribution in [-0.2, 0) is 6.54 Å². The van der Waals surface area contributed by atoms with Crippen molar-refractivity contribution >= 4 is 16.6 Å². The second-order valence-electron chi connectivity index (χ2n) is 5.03. The van der Waals surface area contributed by atoms with E-state index >= 15 is 0 Å². The molecule has 19 heavy (non-hydrogen) atoms. The van der Waals surface area contributed by atoms with Gasteiger partial charge in [-0.1, -0.05) is 24.3 Å². The number of hydrogen-bond acceptors (Lipinski definition) is 1. The third-order valence-corrected chi connectivity index (χ3v) is 3.55. The first kappa shape index (κ1) is 11.8. The van der Waals surface area contributed by atoms with Crippen molar-refractivity contribution in [2.75, 3.05) is 5.32 Å². The molecule has 1 heterocycles. The van der Waals surface area contributed by atoms with Crippen LogP contribution in [0.4, 0.5) is 5.69 Å². The van der Waals surface area contributed by atoms with E-state index < -0.39 is 0 Å². The molecule has 0 aliphatic rings. The van der Waals surface area contributed by atoms with Crippen molar-refractivity contribution in [3.63, 3.8) is 0 Å². The van der Waals surface area contributed by atoms with E-state index in [2.05, 4.69) is 66.6 Å². The lowest BCUT2D eigenvalue weighted by Crippen LogP contribution is -2.01. The Morgan fingerprint density at radius 2 is 1.95 bits per heavy atom. The molecule has 0 amide bonds.